The van der Waals surface area contributed by atoms with Gasteiger partial charge < -0.3 is 10.1 Å². The van der Waals surface area contributed by atoms with Crippen LogP contribution in [0.1, 0.15) is 69.4 Å². The molecule has 25 heavy (non-hydrogen) atoms. The predicted octanol–water partition coefficient (Wildman–Crippen LogP) is 2.35. The fraction of sp³-hybridized carbons (Fsp3) is 0.778. The third-order valence-corrected chi connectivity index (χ3v) is 5.36. The lowest BCUT2D eigenvalue weighted by molar-refractivity contribution is -0.147. The number of aromatic nitrogens is 3. The predicted molar refractivity (Wildman–Crippen MR) is 91.8 cm³/mol. The Bertz CT molecular complexity index is 610. The summed E-state index contributed by atoms with van der Waals surface area (Å²) in [4.78, 5) is 25.4. The van der Waals surface area contributed by atoms with Crippen LogP contribution in [0.2, 0.25) is 0 Å². The van der Waals surface area contributed by atoms with E-state index in [4.69, 9.17) is 4.74 Å². The average Bonchev–Trinajstić information content (AvgIpc) is 3.53. The summed E-state index contributed by atoms with van der Waals surface area (Å²) in [6.45, 7) is 6.14. The molecule has 2 saturated carbocycles. The Hall–Kier alpha value is -1.92. The van der Waals surface area contributed by atoms with Crippen LogP contribution in [0, 0.1) is 17.8 Å². The van der Waals surface area contributed by atoms with Crippen molar-refractivity contribution in [3.8, 4) is 0 Å². The van der Waals surface area contributed by atoms with Crippen LogP contribution >= 0.6 is 0 Å². The Morgan fingerprint density at radius 3 is 2.44 bits per heavy atom. The van der Waals surface area contributed by atoms with Crippen molar-refractivity contribution >= 4 is 11.9 Å². The number of hydrogen-bond donors (Lipinski definition) is 1. The van der Waals surface area contributed by atoms with Crippen LogP contribution in [-0.2, 0) is 9.53 Å². The molecule has 1 amide bonds. The molecular weight excluding hydrogens is 320 g/mol. The molecule has 2 aliphatic rings. The van der Waals surface area contributed by atoms with Crippen LogP contribution in [0.15, 0.2) is 6.20 Å². The molecule has 138 valence electrons. The Morgan fingerprint density at radius 2 is 1.92 bits per heavy atom. The lowest BCUT2D eigenvalue weighted by Gasteiger charge is -2.26. The monoisotopic (exact) mass is 348 g/mol. The summed E-state index contributed by atoms with van der Waals surface area (Å²) >= 11 is 0. The summed E-state index contributed by atoms with van der Waals surface area (Å²) in [6, 6.07) is -0.500. The van der Waals surface area contributed by atoms with E-state index < -0.39 is 6.04 Å². The van der Waals surface area contributed by atoms with Gasteiger partial charge in [-0.3, -0.25) is 4.79 Å². The van der Waals surface area contributed by atoms with Gasteiger partial charge in [0.15, 0.2) is 0 Å². The Balaban J connectivity index is 1.78. The van der Waals surface area contributed by atoms with E-state index in [1.807, 2.05) is 13.8 Å². The van der Waals surface area contributed by atoms with Crippen molar-refractivity contribution in [2.24, 2.45) is 17.8 Å². The zero-order valence-corrected chi connectivity index (χ0v) is 15.3. The molecule has 7 heteroatoms. The van der Waals surface area contributed by atoms with E-state index in [-0.39, 0.29) is 23.8 Å². The van der Waals surface area contributed by atoms with Crippen molar-refractivity contribution in [1.82, 2.24) is 20.3 Å². The minimum atomic E-state index is -0.576. The zero-order chi connectivity index (χ0) is 18.0. The third kappa shape index (κ3) is 4.02. The van der Waals surface area contributed by atoms with Gasteiger partial charge in [0.25, 0.3) is 5.91 Å². The molecule has 1 N–H and O–H groups in total. The first-order valence-electron chi connectivity index (χ1n) is 9.44. The second kappa shape index (κ2) is 7.54. The molecule has 2 fully saturated rings. The van der Waals surface area contributed by atoms with Gasteiger partial charge in [0.1, 0.15) is 11.7 Å². The molecule has 1 aromatic rings. The van der Waals surface area contributed by atoms with Crippen molar-refractivity contribution in [2.45, 2.75) is 65.0 Å². The number of esters is 1. The zero-order valence-electron chi connectivity index (χ0n) is 15.3. The maximum atomic E-state index is 12.8. The van der Waals surface area contributed by atoms with Crippen molar-refractivity contribution in [3.05, 3.63) is 11.9 Å². The van der Waals surface area contributed by atoms with E-state index in [2.05, 4.69) is 15.6 Å². The van der Waals surface area contributed by atoms with E-state index in [1.54, 1.807) is 11.6 Å². The van der Waals surface area contributed by atoms with Crippen molar-refractivity contribution in [2.75, 3.05) is 6.61 Å². The highest BCUT2D eigenvalue weighted by Crippen LogP contribution is 2.50. The van der Waals surface area contributed by atoms with Crippen molar-refractivity contribution in [1.29, 1.82) is 0 Å². The molecule has 1 heterocycles. The van der Waals surface area contributed by atoms with Crippen LogP contribution in [-0.4, -0.2) is 39.5 Å². The minimum absolute atomic E-state index is 0.0759. The number of rotatable bonds is 9. The molecule has 0 radical (unpaired) electrons. The molecule has 2 atom stereocenters. The molecule has 3 rings (SSSR count). The van der Waals surface area contributed by atoms with Crippen LogP contribution in [0.5, 0.6) is 0 Å². The fourth-order valence-electron chi connectivity index (χ4n) is 3.56. The average molecular weight is 348 g/mol. The Kier molecular flexibility index (Phi) is 5.39. The highest BCUT2D eigenvalue weighted by atomic mass is 16.5. The first-order valence-corrected chi connectivity index (χ1v) is 9.44. The van der Waals surface area contributed by atoms with E-state index in [0.717, 1.165) is 32.1 Å². The number of carbonyl (C=O) groups excluding carboxylic acids is 2. The SMILES string of the molecule is CCOC(=O)[C@@H](NC(=O)c1cnnn1C(C)CC)C(C1CC1)C1CC1. The van der Waals surface area contributed by atoms with Crippen LogP contribution in [0.4, 0.5) is 0 Å². The normalized spacial score (nSPS) is 19.5. The minimum Gasteiger partial charge on any atom is -0.464 e. The molecule has 0 bridgehead atoms. The third-order valence-electron chi connectivity index (χ3n) is 5.36. The van der Waals surface area contributed by atoms with Crippen LogP contribution in [0.3, 0.4) is 0 Å². The second-order valence-electron chi connectivity index (χ2n) is 7.28. The van der Waals surface area contributed by atoms with Gasteiger partial charge in [0, 0.05) is 0 Å². The number of nitrogens with one attached hydrogen (secondary N) is 1. The van der Waals surface area contributed by atoms with Gasteiger partial charge in [-0.1, -0.05) is 12.1 Å². The van der Waals surface area contributed by atoms with Crippen molar-refractivity contribution in [3.63, 3.8) is 0 Å². The Morgan fingerprint density at radius 1 is 1.28 bits per heavy atom. The summed E-state index contributed by atoms with van der Waals surface area (Å²) < 4.78 is 6.89. The van der Waals surface area contributed by atoms with E-state index >= 15 is 0 Å². The Labute approximate surface area is 148 Å². The van der Waals surface area contributed by atoms with Crippen LogP contribution < -0.4 is 5.32 Å². The molecular formula is C18H28N4O3. The molecule has 0 saturated heterocycles. The lowest BCUT2D eigenvalue weighted by Crippen LogP contribution is -2.48. The summed E-state index contributed by atoms with van der Waals surface area (Å²) in [5.41, 5.74) is 0.397. The molecule has 0 aromatic carbocycles. The van der Waals surface area contributed by atoms with Gasteiger partial charge in [0.05, 0.1) is 18.8 Å². The summed E-state index contributed by atoms with van der Waals surface area (Å²) in [5.74, 6) is 0.632. The summed E-state index contributed by atoms with van der Waals surface area (Å²) in [6.07, 6.45) is 6.86. The summed E-state index contributed by atoms with van der Waals surface area (Å²) in [5, 5.41) is 10.9. The maximum absolute atomic E-state index is 12.8. The highest BCUT2D eigenvalue weighted by molar-refractivity contribution is 5.95. The number of carbonyl (C=O) groups is 2. The van der Waals surface area contributed by atoms with Crippen molar-refractivity contribution < 1.29 is 14.3 Å². The number of hydrogen-bond acceptors (Lipinski definition) is 5. The molecule has 0 spiro atoms. The lowest BCUT2D eigenvalue weighted by atomic mass is 9.89. The quantitative estimate of drug-likeness (QED) is 0.692. The molecule has 1 aromatic heterocycles. The van der Waals surface area contributed by atoms with E-state index in [0.29, 0.717) is 24.1 Å². The molecule has 7 nitrogen and oxygen atoms in total. The molecule has 2 aliphatic carbocycles. The standard InChI is InChI=1S/C18H28N4O3/c1-4-11(3)22-14(10-19-21-22)17(23)20-16(18(24)25-5-2)15(12-6-7-12)13-8-9-13/h10-13,15-16H,4-9H2,1-3H3,(H,20,23)/t11?,16-/m0/s1. The van der Waals surface area contributed by atoms with Gasteiger partial charge >= 0.3 is 5.97 Å². The molecule has 1 unspecified atom stereocenters. The fourth-order valence-corrected chi connectivity index (χ4v) is 3.56. The summed E-state index contributed by atoms with van der Waals surface area (Å²) in [7, 11) is 0. The first-order chi connectivity index (χ1) is 12.1. The molecule has 0 aliphatic heterocycles. The number of nitrogens with zero attached hydrogens (tertiary/aromatic N) is 3. The number of amides is 1. The first kappa shape index (κ1) is 17.9. The van der Waals surface area contributed by atoms with E-state index in [9.17, 15) is 9.59 Å². The van der Waals surface area contributed by atoms with Gasteiger partial charge in [-0.15, -0.1) is 5.10 Å². The highest BCUT2D eigenvalue weighted by Gasteiger charge is 2.49. The van der Waals surface area contributed by atoms with Gasteiger partial charge in [-0.05, 0) is 63.7 Å². The maximum Gasteiger partial charge on any atom is 0.328 e. The smallest absolute Gasteiger partial charge is 0.328 e. The number of ether oxygens (including phenoxy) is 1. The largest absolute Gasteiger partial charge is 0.464 e. The van der Waals surface area contributed by atoms with Gasteiger partial charge in [0.2, 0.25) is 0 Å². The van der Waals surface area contributed by atoms with Gasteiger partial charge in [-0.25, -0.2) is 9.48 Å². The second-order valence-corrected chi connectivity index (χ2v) is 7.28. The van der Waals surface area contributed by atoms with Gasteiger partial charge in [-0.2, -0.15) is 0 Å². The van der Waals surface area contributed by atoms with E-state index in [1.165, 1.54) is 6.20 Å². The topological polar surface area (TPSA) is 86.1 Å². The van der Waals surface area contributed by atoms with Crippen LogP contribution in [0.25, 0.3) is 0 Å².